The van der Waals surface area contributed by atoms with Gasteiger partial charge in [0.25, 0.3) is 0 Å². The van der Waals surface area contributed by atoms with Gasteiger partial charge in [-0.1, -0.05) is 6.07 Å². The van der Waals surface area contributed by atoms with Gasteiger partial charge in [-0.25, -0.2) is 0 Å². The molecule has 4 heteroatoms. The van der Waals surface area contributed by atoms with Crippen LogP contribution in [0, 0.1) is 5.92 Å². The molecule has 0 aromatic heterocycles. The van der Waals surface area contributed by atoms with Crippen molar-refractivity contribution in [2.24, 2.45) is 5.92 Å². The Hall–Kier alpha value is -1.26. The molecule has 118 valence electrons. The molecule has 1 saturated heterocycles. The van der Waals surface area contributed by atoms with Crippen LogP contribution >= 0.6 is 0 Å². The second-order valence-corrected chi connectivity index (χ2v) is 7.46. The number of likely N-dealkylation sites (tertiary alicyclic amines) is 1. The Morgan fingerprint density at radius 3 is 3.05 bits per heavy atom. The van der Waals surface area contributed by atoms with Gasteiger partial charge in [0.2, 0.25) is 0 Å². The standard InChI is InChI=1S/C18H23NO3/c1-19-8-7-18-11-4-5-13(20)17(18)22-16-14(21-2)6-3-10(15(16)18)9-12(11)19/h3,6,11-13,17,20H,4-5,7-9H2,1-2H3/t11-,12+,13?,17-,18-/m1/s1. The summed E-state index contributed by atoms with van der Waals surface area (Å²) in [5.74, 6) is 2.34. The molecule has 1 aromatic rings. The van der Waals surface area contributed by atoms with Gasteiger partial charge in [0.05, 0.1) is 13.2 Å². The van der Waals surface area contributed by atoms with Crippen LogP contribution in [0.2, 0.25) is 0 Å². The molecule has 2 aliphatic heterocycles. The molecule has 2 heterocycles. The highest BCUT2D eigenvalue weighted by atomic mass is 16.5. The van der Waals surface area contributed by atoms with E-state index in [0.717, 1.165) is 43.7 Å². The lowest BCUT2D eigenvalue weighted by atomic mass is 9.51. The van der Waals surface area contributed by atoms with Crippen molar-refractivity contribution in [3.8, 4) is 11.5 Å². The van der Waals surface area contributed by atoms with Gasteiger partial charge >= 0.3 is 0 Å². The highest BCUT2D eigenvalue weighted by Crippen LogP contribution is 2.63. The van der Waals surface area contributed by atoms with E-state index in [2.05, 4.69) is 18.0 Å². The van der Waals surface area contributed by atoms with E-state index in [-0.39, 0.29) is 17.6 Å². The summed E-state index contributed by atoms with van der Waals surface area (Å²) in [6, 6.07) is 4.83. The number of likely N-dealkylation sites (N-methyl/N-ethyl adjacent to an activating group) is 1. The normalized spacial score (nSPS) is 41.8. The van der Waals surface area contributed by atoms with Crippen LogP contribution < -0.4 is 9.47 Å². The number of ether oxygens (including phenoxy) is 2. The van der Waals surface area contributed by atoms with E-state index in [1.165, 1.54) is 11.1 Å². The van der Waals surface area contributed by atoms with Gasteiger partial charge in [0.15, 0.2) is 11.5 Å². The van der Waals surface area contributed by atoms with Crippen LogP contribution in [0.4, 0.5) is 0 Å². The Morgan fingerprint density at radius 1 is 1.36 bits per heavy atom. The van der Waals surface area contributed by atoms with E-state index < -0.39 is 0 Å². The Balaban J connectivity index is 1.80. The SMILES string of the molecule is COc1ccc2c3c1O[C@@H]1C(O)CC[C@@H]4[C@H](C2)N(C)CC[C@@]314. The molecule has 2 aliphatic carbocycles. The van der Waals surface area contributed by atoms with Gasteiger partial charge < -0.3 is 19.5 Å². The van der Waals surface area contributed by atoms with Gasteiger partial charge in [0.1, 0.15) is 6.10 Å². The molecule has 1 spiro atoms. The number of benzene rings is 1. The van der Waals surface area contributed by atoms with Gasteiger partial charge in [-0.15, -0.1) is 0 Å². The first-order valence-corrected chi connectivity index (χ1v) is 8.42. The summed E-state index contributed by atoms with van der Waals surface area (Å²) in [5, 5.41) is 10.6. The number of piperidine rings is 1. The Labute approximate surface area is 131 Å². The van der Waals surface area contributed by atoms with Crippen molar-refractivity contribution in [1.82, 2.24) is 4.90 Å². The lowest BCUT2D eigenvalue weighted by Gasteiger charge is -2.58. The minimum Gasteiger partial charge on any atom is -0.493 e. The first-order chi connectivity index (χ1) is 10.7. The zero-order valence-electron chi connectivity index (χ0n) is 13.2. The number of nitrogens with zero attached hydrogens (tertiary/aromatic N) is 1. The van der Waals surface area contributed by atoms with Gasteiger partial charge in [-0.05, 0) is 56.8 Å². The summed E-state index contributed by atoms with van der Waals surface area (Å²) in [6.07, 6.45) is 3.69. The molecular weight excluding hydrogens is 278 g/mol. The second-order valence-electron chi connectivity index (χ2n) is 7.46. The largest absolute Gasteiger partial charge is 0.493 e. The highest BCUT2D eigenvalue weighted by molar-refractivity contribution is 5.61. The first-order valence-electron chi connectivity index (χ1n) is 8.42. The monoisotopic (exact) mass is 301 g/mol. The van der Waals surface area contributed by atoms with Crippen molar-refractivity contribution in [3.63, 3.8) is 0 Å². The quantitative estimate of drug-likeness (QED) is 0.858. The van der Waals surface area contributed by atoms with Crippen LogP contribution in [-0.4, -0.2) is 49.0 Å². The Kier molecular flexibility index (Phi) is 2.51. The number of aliphatic hydroxyl groups excluding tert-OH is 1. The zero-order valence-corrected chi connectivity index (χ0v) is 13.2. The highest BCUT2D eigenvalue weighted by Gasteiger charge is 2.65. The molecule has 4 nitrogen and oxygen atoms in total. The maximum Gasteiger partial charge on any atom is 0.165 e. The van der Waals surface area contributed by atoms with Crippen LogP contribution in [0.3, 0.4) is 0 Å². The molecule has 1 aromatic carbocycles. The third-order valence-electron chi connectivity index (χ3n) is 6.77. The molecule has 1 saturated carbocycles. The lowest BCUT2D eigenvalue weighted by molar-refractivity contribution is -0.0993. The van der Waals surface area contributed by atoms with Crippen molar-refractivity contribution in [1.29, 1.82) is 0 Å². The predicted octanol–water partition coefficient (Wildman–Crippen LogP) is 1.73. The van der Waals surface area contributed by atoms with E-state index >= 15 is 0 Å². The van der Waals surface area contributed by atoms with E-state index in [9.17, 15) is 5.11 Å². The maximum atomic E-state index is 10.6. The molecule has 1 N–H and O–H groups in total. The lowest BCUT2D eigenvalue weighted by Crippen LogP contribution is -2.66. The third-order valence-corrected chi connectivity index (χ3v) is 6.77. The molecule has 0 amide bonds. The summed E-state index contributed by atoms with van der Waals surface area (Å²) in [4.78, 5) is 2.52. The van der Waals surface area contributed by atoms with Crippen molar-refractivity contribution in [2.45, 2.75) is 49.3 Å². The molecule has 4 aliphatic rings. The molecule has 5 rings (SSSR count). The van der Waals surface area contributed by atoms with E-state index in [4.69, 9.17) is 9.47 Å². The smallest absolute Gasteiger partial charge is 0.165 e. The average molecular weight is 301 g/mol. The van der Waals surface area contributed by atoms with Gasteiger partial charge in [-0.2, -0.15) is 0 Å². The summed E-state index contributed by atoms with van der Waals surface area (Å²) in [5.41, 5.74) is 2.77. The van der Waals surface area contributed by atoms with Gasteiger partial charge in [-0.3, -0.25) is 0 Å². The molecule has 5 atom stereocenters. The van der Waals surface area contributed by atoms with Crippen molar-refractivity contribution < 1.29 is 14.6 Å². The molecular formula is C18H23NO3. The fourth-order valence-electron chi connectivity index (χ4n) is 5.86. The van der Waals surface area contributed by atoms with Crippen LogP contribution in [0.5, 0.6) is 11.5 Å². The number of methoxy groups -OCH3 is 1. The maximum absolute atomic E-state index is 10.6. The van der Waals surface area contributed by atoms with E-state index in [0.29, 0.717) is 12.0 Å². The van der Waals surface area contributed by atoms with Crippen LogP contribution in [0.15, 0.2) is 12.1 Å². The second kappa shape index (κ2) is 4.18. The Morgan fingerprint density at radius 2 is 2.23 bits per heavy atom. The Bertz CT molecular complexity index is 645. The molecule has 2 bridgehead atoms. The summed E-state index contributed by atoms with van der Waals surface area (Å²) < 4.78 is 11.9. The number of rotatable bonds is 1. The number of hydrogen-bond acceptors (Lipinski definition) is 4. The fraction of sp³-hybridized carbons (Fsp3) is 0.667. The van der Waals surface area contributed by atoms with Crippen molar-refractivity contribution in [2.75, 3.05) is 20.7 Å². The van der Waals surface area contributed by atoms with Crippen molar-refractivity contribution in [3.05, 3.63) is 23.3 Å². The minimum atomic E-state index is -0.358. The van der Waals surface area contributed by atoms with E-state index in [1.807, 2.05) is 6.07 Å². The van der Waals surface area contributed by atoms with Crippen LogP contribution in [0.1, 0.15) is 30.4 Å². The molecule has 2 fully saturated rings. The van der Waals surface area contributed by atoms with Crippen LogP contribution in [-0.2, 0) is 11.8 Å². The number of aliphatic hydroxyl groups is 1. The zero-order chi connectivity index (χ0) is 15.1. The van der Waals surface area contributed by atoms with Gasteiger partial charge in [0, 0.05) is 17.0 Å². The minimum absolute atomic E-state index is 0.00625. The summed E-state index contributed by atoms with van der Waals surface area (Å²) >= 11 is 0. The molecule has 1 unspecified atom stereocenters. The molecule has 0 radical (unpaired) electrons. The fourth-order valence-corrected chi connectivity index (χ4v) is 5.86. The molecule has 22 heavy (non-hydrogen) atoms. The third kappa shape index (κ3) is 1.32. The number of hydrogen-bond donors (Lipinski definition) is 1. The van der Waals surface area contributed by atoms with Crippen LogP contribution in [0.25, 0.3) is 0 Å². The predicted molar refractivity (Wildman–Crippen MR) is 82.6 cm³/mol. The van der Waals surface area contributed by atoms with Crippen molar-refractivity contribution >= 4 is 0 Å². The topological polar surface area (TPSA) is 41.9 Å². The average Bonchev–Trinajstić information content (AvgIpc) is 2.88. The summed E-state index contributed by atoms with van der Waals surface area (Å²) in [6.45, 7) is 1.09. The summed E-state index contributed by atoms with van der Waals surface area (Å²) in [7, 11) is 3.96. The van der Waals surface area contributed by atoms with E-state index in [1.54, 1.807) is 7.11 Å². The first kappa shape index (κ1) is 13.2.